The first-order valence-electron chi connectivity index (χ1n) is 10.1. The smallest absolute Gasteiger partial charge is 0.228 e. The molecule has 1 aliphatic rings. The summed E-state index contributed by atoms with van der Waals surface area (Å²) in [7, 11) is 0. The van der Waals surface area contributed by atoms with Crippen LogP contribution in [0.1, 0.15) is 19.3 Å². The van der Waals surface area contributed by atoms with Gasteiger partial charge in [-0.25, -0.2) is 21.5 Å². The second kappa shape index (κ2) is 7.97. The number of aromatic nitrogens is 5. The number of hydrogen-bond acceptors (Lipinski definition) is 7. The second-order valence-corrected chi connectivity index (χ2v) is 7.76. The van der Waals surface area contributed by atoms with Crippen molar-refractivity contribution in [1.29, 1.82) is 5.26 Å². The second-order valence-electron chi connectivity index (χ2n) is 7.76. The maximum atomic E-state index is 9.25. The minimum Gasteiger partial charge on any atom is -0.444 e. The van der Waals surface area contributed by atoms with E-state index >= 15 is 0 Å². The predicted octanol–water partition coefficient (Wildman–Crippen LogP) is 4.43. The van der Waals surface area contributed by atoms with Gasteiger partial charge in [0.05, 0.1) is 36.1 Å². The summed E-state index contributed by atoms with van der Waals surface area (Å²) < 4.78 is 7.14. The Labute approximate surface area is 184 Å². The lowest BCUT2D eigenvalue weighted by Gasteiger charge is -2.40. The first kappa shape index (κ1) is 19.5. The summed E-state index contributed by atoms with van der Waals surface area (Å²) in [5.74, 6) is 1.17. The molecule has 32 heavy (non-hydrogen) atoms. The fraction of sp³-hybridized carbons (Fsp3) is 0.217. The van der Waals surface area contributed by atoms with Crippen LogP contribution in [0.25, 0.3) is 27.4 Å². The number of hydrogen-bond donors (Lipinski definition) is 1. The minimum absolute atomic E-state index is 0.0405. The Kier molecular flexibility index (Phi) is 4.85. The first-order valence-corrected chi connectivity index (χ1v) is 10.1. The molecular formula is C23H18N8O. The summed E-state index contributed by atoms with van der Waals surface area (Å²) in [6, 6.07) is 11.7. The van der Waals surface area contributed by atoms with Crippen LogP contribution in [0.15, 0.2) is 65.9 Å². The highest BCUT2D eigenvalue weighted by Gasteiger charge is 2.50. The van der Waals surface area contributed by atoms with Crippen molar-refractivity contribution in [3.63, 3.8) is 0 Å². The minimum atomic E-state index is -0.401. The van der Waals surface area contributed by atoms with Crippen molar-refractivity contribution in [3.05, 3.63) is 72.9 Å². The van der Waals surface area contributed by atoms with E-state index in [9.17, 15) is 5.26 Å². The van der Waals surface area contributed by atoms with Gasteiger partial charge >= 0.3 is 0 Å². The Hall–Kier alpha value is -4.50. The summed E-state index contributed by atoms with van der Waals surface area (Å²) >= 11 is 0. The van der Waals surface area contributed by atoms with Gasteiger partial charge in [-0.2, -0.15) is 10.4 Å². The topological polar surface area (TPSA) is 110 Å². The van der Waals surface area contributed by atoms with Gasteiger partial charge in [0.15, 0.2) is 12.2 Å². The van der Waals surface area contributed by atoms with Crippen LogP contribution < -0.4 is 5.32 Å². The normalized spacial score (nSPS) is 19.5. The first-order chi connectivity index (χ1) is 15.7. The molecule has 0 bridgehead atoms. The number of nitrogens with one attached hydrogen (secondary N) is 1. The quantitative estimate of drug-likeness (QED) is 0.458. The third kappa shape index (κ3) is 3.57. The van der Waals surface area contributed by atoms with Crippen LogP contribution in [0.2, 0.25) is 0 Å². The van der Waals surface area contributed by atoms with Crippen LogP contribution in [0, 0.1) is 17.9 Å². The van der Waals surface area contributed by atoms with Crippen molar-refractivity contribution in [2.75, 3.05) is 5.32 Å². The molecule has 0 spiro atoms. The molecule has 3 heterocycles. The average Bonchev–Trinajstić information content (AvgIpc) is 3.49. The summed E-state index contributed by atoms with van der Waals surface area (Å²) in [6.45, 7) is 7.22. The highest BCUT2D eigenvalue weighted by atomic mass is 16.3. The molecule has 0 amide bonds. The molecule has 0 atom stereocenters. The van der Waals surface area contributed by atoms with Crippen LogP contribution in [0.4, 0.5) is 11.6 Å². The van der Waals surface area contributed by atoms with Crippen molar-refractivity contribution in [1.82, 2.24) is 24.7 Å². The van der Waals surface area contributed by atoms with E-state index in [1.807, 2.05) is 41.2 Å². The van der Waals surface area contributed by atoms with Gasteiger partial charge in [0.2, 0.25) is 12.0 Å². The highest BCUT2D eigenvalue weighted by Crippen LogP contribution is 2.44. The lowest BCUT2D eigenvalue weighted by Crippen LogP contribution is -2.48. The number of nitriles is 1. The molecule has 3 aromatic heterocycles. The molecule has 156 valence electrons. The molecule has 1 N–H and O–H groups in total. The van der Waals surface area contributed by atoms with Crippen LogP contribution >= 0.6 is 0 Å². The summed E-state index contributed by atoms with van der Waals surface area (Å²) in [5, 5.41) is 16.9. The lowest BCUT2D eigenvalue weighted by molar-refractivity contribution is 0.120. The number of nitrogens with zero attached hydrogens (tertiary/aromatic N) is 7. The molecule has 0 unspecified atom stereocenters. The van der Waals surface area contributed by atoms with Crippen LogP contribution in [-0.2, 0) is 5.54 Å². The third-order valence-corrected chi connectivity index (χ3v) is 5.70. The molecule has 9 heteroatoms. The molecule has 4 aromatic rings. The Morgan fingerprint density at radius 3 is 2.78 bits per heavy atom. The van der Waals surface area contributed by atoms with Gasteiger partial charge in [0.1, 0.15) is 0 Å². The van der Waals surface area contributed by atoms with Crippen molar-refractivity contribution >= 4 is 11.6 Å². The summed E-state index contributed by atoms with van der Waals surface area (Å²) in [5.41, 5.74) is 2.92. The largest absolute Gasteiger partial charge is 0.444 e. The Morgan fingerprint density at radius 2 is 2.06 bits per heavy atom. The molecule has 0 aliphatic heterocycles. The van der Waals surface area contributed by atoms with Crippen LogP contribution in [0.5, 0.6) is 0 Å². The van der Waals surface area contributed by atoms with E-state index in [1.54, 1.807) is 18.6 Å². The van der Waals surface area contributed by atoms with E-state index in [2.05, 4.69) is 36.3 Å². The number of benzene rings is 1. The lowest BCUT2D eigenvalue weighted by atomic mass is 9.71. The number of anilines is 2. The highest BCUT2D eigenvalue weighted by molar-refractivity contribution is 5.64. The maximum absolute atomic E-state index is 9.25. The van der Waals surface area contributed by atoms with Crippen molar-refractivity contribution in [2.24, 2.45) is 0 Å². The fourth-order valence-corrected chi connectivity index (χ4v) is 3.97. The fourth-order valence-electron chi connectivity index (χ4n) is 3.97. The average molecular weight is 422 g/mol. The predicted molar refractivity (Wildman–Crippen MR) is 116 cm³/mol. The van der Waals surface area contributed by atoms with Gasteiger partial charge < -0.3 is 14.6 Å². The van der Waals surface area contributed by atoms with Gasteiger partial charge in [0, 0.05) is 42.0 Å². The molecule has 1 aromatic carbocycles. The SMILES string of the molecule is [C-]#[N+]C1CC(CC#N)(n2cc(-c3ccnc(Nc4ccc(-c5cnco5)cc4)n3)cn2)C1. The molecule has 0 radical (unpaired) electrons. The van der Waals surface area contributed by atoms with E-state index in [1.165, 1.54) is 6.39 Å². The van der Waals surface area contributed by atoms with Crippen LogP contribution in [-0.4, -0.2) is 30.8 Å². The molecule has 0 saturated heterocycles. The molecule has 1 fully saturated rings. The van der Waals surface area contributed by atoms with Crippen LogP contribution in [0.3, 0.4) is 0 Å². The number of oxazole rings is 1. The van der Waals surface area contributed by atoms with E-state index in [0.29, 0.717) is 31.0 Å². The van der Waals surface area contributed by atoms with Gasteiger partial charge in [0.25, 0.3) is 0 Å². The maximum Gasteiger partial charge on any atom is 0.228 e. The molecule has 5 rings (SSSR count). The third-order valence-electron chi connectivity index (χ3n) is 5.70. The molecular weight excluding hydrogens is 404 g/mol. The van der Waals surface area contributed by atoms with E-state index in [0.717, 1.165) is 22.5 Å². The summed E-state index contributed by atoms with van der Waals surface area (Å²) in [6.07, 6.45) is 10.0. The van der Waals surface area contributed by atoms with Gasteiger partial charge in [-0.15, -0.1) is 0 Å². The summed E-state index contributed by atoms with van der Waals surface area (Å²) in [4.78, 5) is 16.4. The molecule has 9 nitrogen and oxygen atoms in total. The van der Waals surface area contributed by atoms with E-state index in [-0.39, 0.29) is 6.04 Å². The Bertz CT molecular complexity index is 1310. The standard InChI is InChI=1S/C23H18N8O/c1-25-19-10-23(11-19,7-8-24)31-14-17(12-28-31)20-6-9-27-22(30-20)29-18-4-2-16(3-5-18)21-13-26-15-32-21/h2-6,9,12-15,19H,7,10-11H2,(H,27,29,30). The van der Waals surface area contributed by atoms with Crippen molar-refractivity contribution < 1.29 is 4.42 Å². The van der Waals surface area contributed by atoms with Gasteiger partial charge in [-0.05, 0) is 30.3 Å². The Balaban J connectivity index is 1.34. The van der Waals surface area contributed by atoms with Crippen molar-refractivity contribution in [2.45, 2.75) is 30.8 Å². The monoisotopic (exact) mass is 422 g/mol. The Morgan fingerprint density at radius 1 is 1.22 bits per heavy atom. The zero-order valence-corrected chi connectivity index (χ0v) is 17.0. The van der Waals surface area contributed by atoms with E-state index < -0.39 is 5.54 Å². The van der Waals surface area contributed by atoms with Gasteiger partial charge in [-0.1, -0.05) is 0 Å². The molecule has 1 aliphatic carbocycles. The molecule has 1 saturated carbocycles. The zero-order valence-electron chi connectivity index (χ0n) is 17.0. The zero-order chi connectivity index (χ0) is 22.0. The van der Waals surface area contributed by atoms with Crippen molar-refractivity contribution in [3.8, 4) is 28.7 Å². The van der Waals surface area contributed by atoms with Gasteiger partial charge in [-0.3, -0.25) is 4.68 Å². The van der Waals surface area contributed by atoms with E-state index in [4.69, 9.17) is 11.0 Å². The number of rotatable bonds is 6.